The molecule has 1 aliphatic heterocycles. The molecule has 1 aromatic carbocycles. The van der Waals surface area contributed by atoms with Crippen LogP contribution in [0.5, 0.6) is 0 Å². The molecule has 4 atom stereocenters. The lowest BCUT2D eigenvalue weighted by Crippen LogP contribution is -2.32. The molecule has 0 amide bonds. The highest BCUT2D eigenvalue weighted by molar-refractivity contribution is 7.98. The zero-order chi connectivity index (χ0) is 22.9. The Hall–Kier alpha value is -2.92. The first kappa shape index (κ1) is 21.9. The second-order valence-corrected chi connectivity index (χ2v) is 9.14. The van der Waals surface area contributed by atoms with Crippen LogP contribution in [-0.4, -0.2) is 54.0 Å². The second-order valence-electron chi connectivity index (χ2n) is 8.11. The Labute approximate surface area is 194 Å². The van der Waals surface area contributed by atoms with E-state index in [2.05, 4.69) is 27.3 Å². The number of nitrogens with zero attached hydrogens (tertiary/aromatic N) is 4. The van der Waals surface area contributed by atoms with Crippen molar-refractivity contribution < 1.29 is 19.5 Å². The smallest absolute Gasteiger partial charge is 0.164 e. The van der Waals surface area contributed by atoms with Crippen molar-refractivity contribution in [1.82, 2.24) is 19.7 Å². The molecule has 1 saturated heterocycles. The van der Waals surface area contributed by atoms with Gasteiger partial charge in [-0.1, -0.05) is 35.5 Å². The van der Waals surface area contributed by atoms with Gasteiger partial charge in [-0.25, -0.2) is 9.97 Å². The van der Waals surface area contributed by atoms with Crippen molar-refractivity contribution in [1.29, 1.82) is 0 Å². The van der Waals surface area contributed by atoms with E-state index in [1.807, 2.05) is 25.1 Å². The first-order chi connectivity index (χ1) is 16.0. The lowest BCUT2D eigenvalue weighted by molar-refractivity contribution is -0.0285. The van der Waals surface area contributed by atoms with Crippen LogP contribution in [0, 0.1) is 6.92 Å². The molecule has 1 fully saturated rings. The fraction of sp³-hybridized carbons (Fsp3) is 0.348. The summed E-state index contributed by atoms with van der Waals surface area (Å²) in [5, 5.41) is 26.1. The van der Waals surface area contributed by atoms with Crippen LogP contribution in [-0.2, 0) is 16.9 Å². The van der Waals surface area contributed by atoms with Gasteiger partial charge in [0.15, 0.2) is 6.23 Å². The van der Waals surface area contributed by atoms with Crippen molar-refractivity contribution in [3.05, 3.63) is 71.5 Å². The molecular formula is C23H25N5O4S. The first-order valence-corrected chi connectivity index (χ1v) is 11.8. The van der Waals surface area contributed by atoms with Gasteiger partial charge in [-0.05, 0) is 18.6 Å². The molecule has 0 saturated carbocycles. The fourth-order valence-corrected chi connectivity index (χ4v) is 5.31. The molecule has 0 bridgehead atoms. The molecule has 0 unspecified atom stereocenters. The van der Waals surface area contributed by atoms with Gasteiger partial charge >= 0.3 is 0 Å². The molecule has 0 radical (unpaired) electrons. The van der Waals surface area contributed by atoms with Crippen LogP contribution in [0.4, 0.5) is 5.82 Å². The summed E-state index contributed by atoms with van der Waals surface area (Å²) in [5.74, 6) is 2.36. The molecule has 4 N–H and O–H groups in total. The summed E-state index contributed by atoms with van der Waals surface area (Å²) in [6.45, 7) is 1.93. The molecule has 4 heterocycles. The van der Waals surface area contributed by atoms with Crippen LogP contribution in [0.3, 0.4) is 0 Å². The van der Waals surface area contributed by atoms with E-state index in [0.717, 1.165) is 22.6 Å². The zero-order valence-electron chi connectivity index (χ0n) is 18.0. The van der Waals surface area contributed by atoms with Crippen molar-refractivity contribution in [2.24, 2.45) is 0 Å². The normalized spacial score (nSPS) is 22.9. The number of hydrogen-bond donors (Lipinski definition) is 3. The third-order valence-electron chi connectivity index (χ3n) is 5.95. The maximum absolute atomic E-state index is 10.7. The van der Waals surface area contributed by atoms with E-state index in [1.165, 1.54) is 6.33 Å². The number of aromatic nitrogens is 4. The van der Waals surface area contributed by atoms with Crippen molar-refractivity contribution in [2.75, 3.05) is 11.5 Å². The average molecular weight is 468 g/mol. The number of hydrogen-bond acceptors (Lipinski definition) is 9. The van der Waals surface area contributed by atoms with Gasteiger partial charge in [-0.3, -0.25) is 0 Å². The summed E-state index contributed by atoms with van der Waals surface area (Å²) < 4.78 is 13.3. The van der Waals surface area contributed by atoms with Crippen molar-refractivity contribution in [3.63, 3.8) is 0 Å². The second kappa shape index (κ2) is 9.14. The van der Waals surface area contributed by atoms with E-state index in [4.69, 9.17) is 15.0 Å². The minimum absolute atomic E-state index is 0.356. The quantitative estimate of drug-likeness (QED) is 0.375. The Morgan fingerprint density at radius 3 is 2.76 bits per heavy atom. The van der Waals surface area contributed by atoms with Gasteiger partial charge in [0.2, 0.25) is 0 Å². The predicted octanol–water partition coefficient (Wildman–Crippen LogP) is 2.45. The number of nitrogen functional groups attached to an aromatic ring is 1. The number of thioether (sulfide) groups is 1. The molecule has 0 spiro atoms. The lowest BCUT2D eigenvalue weighted by Gasteiger charge is -2.17. The first-order valence-electron chi connectivity index (χ1n) is 10.7. The Balaban J connectivity index is 1.25. The maximum Gasteiger partial charge on any atom is 0.164 e. The average Bonchev–Trinajstić information content (AvgIpc) is 3.48. The molecule has 1 aliphatic rings. The summed E-state index contributed by atoms with van der Waals surface area (Å²) in [4.78, 5) is 8.24. The lowest BCUT2D eigenvalue weighted by atomic mass is 10.1. The van der Waals surface area contributed by atoms with Crippen LogP contribution in [0.1, 0.15) is 28.8 Å². The summed E-state index contributed by atoms with van der Waals surface area (Å²) in [7, 11) is 0. The van der Waals surface area contributed by atoms with Crippen LogP contribution < -0.4 is 5.73 Å². The minimum atomic E-state index is -1.09. The van der Waals surface area contributed by atoms with E-state index in [1.54, 1.807) is 28.6 Å². The highest BCUT2D eigenvalue weighted by Gasteiger charge is 2.44. The Kier molecular flexibility index (Phi) is 6.07. The van der Waals surface area contributed by atoms with Gasteiger partial charge in [0.1, 0.15) is 35.8 Å². The molecule has 5 rings (SSSR count). The number of anilines is 1. The summed E-state index contributed by atoms with van der Waals surface area (Å²) in [5.41, 5.74) is 9.53. The van der Waals surface area contributed by atoms with E-state index in [9.17, 15) is 10.2 Å². The molecule has 3 aromatic heterocycles. The number of aryl methyl sites for hydroxylation is 1. The van der Waals surface area contributed by atoms with Gasteiger partial charge in [-0.2, -0.15) is 11.8 Å². The molecule has 0 aliphatic carbocycles. The Morgan fingerprint density at radius 2 is 1.94 bits per heavy atom. The number of aliphatic hydroxyl groups is 2. The summed E-state index contributed by atoms with van der Waals surface area (Å²) >= 11 is 1.61. The summed E-state index contributed by atoms with van der Waals surface area (Å²) in [6, 6.07) is 11.9. The third-order valence-corrected chi connectivity index (χ3v) is 7.01. The molecule has 33 heavy (non-hydrogen) atoms. The van der Waals surface area contributed by atoms with E-state index < -0.39 is 24.5 Å². The number of aliphatic hydroxyl groups excluding tert-OH is 2. The van der Waals surface area contributed by atoms with Gasteiger partial charge in [0, 0.05) is 29.7 Å². The molecule has 10 heteroatoms. The minimum Gasteiger partial charge on any atom is -0.387 e. The van der Waals surface area contributed by atoms with Crippen LogP contribution in [0.2, 0.25) is 0 Å². The standard InChI is InChI=1S/C23H25N5O4S/c1-13-16(17(32-27-13)9-14-5-3-2-4-6-14)10-33-11-18-19(29)20(30)23(31-18)28-8-7-15-21(24)25-12-26-22(15)28/h2-8,12,18-20,23,29-30H,9-11H2,1H3,(H2,24,25,26)/t18-,19-,20-,23-/m1/s1. The highest BCUT2D eigenvalue weighted by Crippen LogP contribution is 2.35. The number of fused-ring (bicyclic) bond motifs is 1. The molecular weight excluding hydrogens is 442 g/mol. The topological polar surface area (TPSA) is 132 Å². The summed E-state index contributed by atoms with van der Waals surface area (Å²) in [6.07, 6.45) is 0.371. The van der Waals surface area contributed by atoms with E-state index in [0.29, 0.717) is 34.8 Å². The Bertz CT molecular complexity index is 1240. The van der Waals surface area contributed by atoms with E-state index >= 15 is 0 Å². The van der Waals surface area contributed by atoms with Crippen molar-refractivity contribution >= 4 is 28.6 Å². The number of benzene rings is 1. The van der Waals surface area contributed by atoms with E-state index in [-0.39, 0.29) is 0 Å². The van der Waals surface area contributed by atoms with Gasteiger partial charge in [-0.15, -0.1) is 0 Å². The van der Waals surface area contributed by atoms with Crippen LogP contribution in [0.15, 0.2) is 53.4 Å². The molecule has 4 aromatic rings. The number of ether oxygens (including phenoxy) is 1. The van der Waals surface area contributed by atoms with Gasteiger partial charge < -0.3 is 29.8 Å². The predicted molar refractivity (Wildman–Crippen MR) is 125 cm³/mol. The Morgan fingerprint density at radius 1 is 1.12 bits per heavy atom. The van der Waals surface area contributed by atoms with Crippen LogP contribution >= 0.6 is 11.8 Å². The largest absolute Gasteiger partial charge is 0.387 e. The molecule has 9 nitrogen and oxygen atoms in total. The molecule has 172 valence electrons. The van der Waals surface area contributed by atoms with Crippen LogP contribution in [0.25, 0.3) is 11.0 Å². The highest BCUT2D eigenvalue weighted by atomic mass is 32.2. The number of rotatable bonds is 7. The monoisotopic (exact) mass is 467 g/mol. The maximum atomic E-state index is 10.7. The third kappa shape index (κ3) is 4.22. The number of nitrogens with two attached hydrogens (primary N) is 1. The van der Waals surface area contributed by atoms with Crippen molar-refractivity contribution in [3.8, 4) is 0 Å². The van der Waals surface area contributed by atoms with Gasteiger partial charge in [0.05, 0.1) is 17.2 Å². The van der Waals surface area contributed by atoms with Gasteiger partial charge in [0.25, 0.3) is 0 Å². The fourth-order valence-electron chi connectivity index (χ4n) is 4.11. The van der Waals surface area contributed by atoms with Crippen molar-refractivity contribution in [2.45, 2.75) is 43.6 Å². The zero-order valence-corrected chi connectivity index (χ0v) is 18.9. The SMILES string of the molecule is Cc1noc(Cc2ccccc2)c1CSC[C@H]1O[C@@H](n2ccc3c(N)ncnc32)[C@H](O)[C@@H]1O.